The largest absolute Gasteiger partial charge is 0.467 e. The molecule has 0 saturated carbocycles. The summed E-state index contributed by atoms with van der Waals surface area (Å²) in [6.45, 7) is 2.01. The van der Waals surface area contributed by atoms with Gasteiger partial charge in [0, 0.05) is 11.3 Å². The number of halogens is 1. The Morgan fingerprint density at radius 2 is 2.18 bits per heavy atom. The molecule has 0 fully saturated rings. The maximum atomic E-state index is 9.17. The number of aromatic nitrogens is 3. The highest BCUT2D eigenvalue weighted by Crippen LogP contribution is 2.16. The molecule has 2 unspecified atom stereocenters. The average molecular weight is 279 g/mol. The summed E-state index contributed by atoms with van der Waals surface area (Å²) in [6.07, 6.45) is 1.93. The van der Waals surface area contributed by atoms with Crippen LogP contribution in [0.5, 0.6) is 6.01 Å². The number of hydrogen-bond acceptors (Lipinski definition) is 7. The molecule has 0 aliphatic heterocycles. The van der Waals surface area contributed by atoms with Crippen LogP contribution in [0.25, 0.3) is 0 Å². The third-order valence-corrected chi connectivity index (χ3v) is 3.50. The van der Waals surface area contributed by atoms with Crippen LogP contribution in [0.2, 0.25) is 5.28 Å². The van der Waals surface area contributed by atoms with Gasteiger partial charge in [-0.05, 0) is 24.8 Å². The van der Waals surface area contributed by atoms with E-state index in [0.717, 1.165) is 0 Å². The summed E-state index contributed by atoms with van der Waals surface area (Å²) >= 11 is 7.29. The maximum Gasteiger partial charge on any atom is 0.322 e. The second-order valence-electron chi connectivity index (χ2n) is 3.30. The lowest BCUT2D eigenvalue weighted by atomic mass is 10.2. The van der Waals surface area contributed by atoms with Crippen molar-refractivity contribution in [2.75, 3.05) is 25.3 Å². The van der Waals surface area contributed by atoms with Gasteiger partial charge in [0.15, 0.2) is 0 Å². The molecule has 96 valence electrons. The number of anilines is 1. The van der Waals surface area contributed by atoms with Gasteiger partial charge in [0.05, 0.1) is 13.7 Å². The molecule has 0 aliphatic rings. The molecule has 2 atom stereocenters. The van der Waals surface area contributed by atoms with Crippen molar-refractivity contribution in [2.45, 2.75) is 18.2 Å². The van der Waals surface area contributed by atoms with Crippen LogP contribution >= 0.6 is 23.4 Å². The van der Waals surface area contributed by atoms with Gasteiger partial charge in [-0.25, -0.2) is 0 Å². The minimum atomic E-state index is -0.00169. The number of nitrogens with zero attached hydrogens (tertiary/aromatic N) is 3. The van der Waals surface area contributed by atoms with Crippen molar-refractivity contribution in [3.05, 3.63) is 5.28 Å². The normalized spacial score (nSPS) is 14.2. The Morgan fingerprint density at radius 1 is 1.47 bits per heavy atom. The van der Waals surface area contributed by atoms with Gasteiger partial charge < -0.3 is 15.2 Å². The number of aliphatic hydroxyl groups excluding tert-OH is 1. The molecule has 1 aromatic heterocycles. The van der Waals surface area contributed by atoms with Gasteiger partial charge in [-0.3, -0.25) is 0 Å². The Morgan fingerprint density at radius 3 is 2.71 bits per heavy atom. The Balaban J connectivity index is 2.76. The lowest BCUT2D eigenvalue weighted by Crippen LogP contribution is -2.31. The van der Waals surface area contributed by atoms with Crippen LogP contribution in [0.3, 0.4) is 0 Å². The molecular formula is C9H15ClN4O2S. The molecular weight excluding hydrogens is 264 g/mol. The summed E-state index contributed by atoms with van der Waals surface area (Å²) < 4.78 is 4.89. The number of aliphatic hydroxyl groups is 1. The predicted octanol–water partition coefficient (Wildman–Crippen LogP) is 1.06. The van der Waals surface area contributed by atoms with Crippen molar-refractivity contribution >= 4 is 29.3 Å². The molecule has 2 N–H and O–H groups in total. The molecule has 1 rings (SSSR count). The van der Waals surface area contributed by atoms with Crippen LogP contribution in [-0.2, 0) is 0 Å². The first kappa shape index (κ1) is 14.3. The minimum Gasteiger partial charge on any atom is -0.467 e. The topological polar surface area (TPSA) is 80.2 Å². The number of ether oxygens (including phenoxy) is 1. The minimum absolute atomic E-state index is 0.00169. The monoisotopic (exact) mass is 278 g/mol. The fraction of sp³-hybridized carbons (Fsp3) is 0.667. The quantitative estimate of drug-likeness (QED) is 0.805. The smallest absolute Gasteiger partial charge is 0.322 e. The Labute approximate surface area is 109 Å². The van der Waals surface area contributed by atoms with Crippen molar-refractivity contribution in [2.24, 2.45) is 0 Å². The summed E-state index contributed by atoms with van der Waals surface area (Å²) in [6, 6.07) is 0.155. The zero-order valence-electron chi connectivity index (χ0n) is 9.85. The van der Waals surface area contributed by atoms with E-state index in [-0.39, 0.29) is 29.2 Å². The number of nitrogens with one attached hydrogen (secondary N) is 1. The van der Waals surface area contributed by atoms with Crippen LogP contribution in [0, 0.1) is 0 Å². The first-order valence-electron chi connectivity index (χ1n) is 4.96. The van der Waals surface area contributed by atoms with Gasteiger partial charge in [0.2, 0.25) is 11.2 Å². The molecule has 1 aromatic rings. The van der Waals surface area contributed by atoms with Crippen LogP contribution < -0.4 is 10.1 Å². The fourth-order valence-corrected chi connectivity index (χ4v) is 2.00. The van der Waals surface area contributed by atoms with Gasteiger partial charge in [0.25, 0.3) is 0 Å². The summed E-state index contributed by atoms with van der Waals surface area (Å²) in [4.78, 5) is 11.7. The zero-order chi connectivity index (χ0) is 12.8. The van der Waals surface area contributed by atoms with E-state index in [2.05, 4.69) is 20.3 Å². The van der Waals surface area contributed by atoms with E-state index in [0.29, 0.717) is 5.95 Å². The molecule has 6 nitrogen and oxygen atoms in total. The van der Waals surface area contributed by atoms with Gasteiger partial charge in [-0.2, -0.15) is 26.7 Å². The third kappa shape index (κ3) is 4.18. The van der Waals surface area contributed by atoms with Crippen LogP contribution in [-0.4, -0.2) is 51.3 Å². The van der Waals surface area contributed by atoms with Crippen molar-refractivity contribution in [1.82, 2.24) is 15.0 Å². The van der Waals surface area contributed by atoms with Crippen molar-refractivity contribution in [3.63, 3.8) is 0 Å². The molecule has 8 heteroatoms. The van der Waals surface area contributed by atoms with Crippen LogP contribution in [0.4, 0.5) is 5.95 Å². The second-order valence-corrected chi connectivity index (χ2v) is 4.72. The summed E-state index contributed by atoms with van der Waals surface area (Å²) in [5, 5.41) is 12.3. The molecule has 0 aliphatic carbocycles. The molecule has 0 spiro atoms. The average Bonchev–Trinajstić information content (AvgIpc) is 2.29. The van der Waals surface area contributed by atoms with E-state index in [1.165, 1.54) is 7.11 Å². The van der Waals surface area contributed by atoms with E-state index in [4.69, 9.17) is 21.4 Å². The Hall–Kier alpha value is -0.790. The highest BCUT2D eigenvalue weighted by molar-refractivity contribution is 7.99. The highest BCUT2D eigenvalue weighted by Gasteiger charge is 2.16. The number of rotatable bonds is 6. The van der Waals surface area contributed by atoms with E-state index in [1.54, 1.807) is 11.8 Å². The fourth-order valence-electron chi connectivity index (χ4n) is 1.22. The molecule has 1 heterocycles. The lowest BCUT2D eigenvalue weighted by Gasteiger charge is -2.21. The number of thioether (sulfide) groups is 1. The Kier molecular flexibility index (Phi) is 5.73. The maximum absolute atomic E-state index is 9.17. The predicted molar refractivity (Wildman–Crippen MR) is 68.9 cm³/mol. The van der Waals surface area contributed by atoms with Crippen molar-refractivity contribution < 1.29 is 9.84 Å². The standard InChI is InChI=1S/C9H15ClN4O2S/c1-5(6(4-15)17-3)11-8-12-7(10)13-9(14-8)16-2/h5-6,15H,4H2,1-3H3,(H,11,12,13,14). The highest BCUT2D eigenvalue weighted by atomic mass is 35.5. The third-order valence-electron chi connectivity index (χ3n) is 2.17. The first-order chi connectivity index (χ1) is 8.10. The molecule has 0 aromatic carbocycles. The summed E-state index contributed by atoms with van der Waals surface area (Å²) in [5.41, 5.74) is 0. The van der Waals surface area contributed by atoms with Gasteiger partial charge >= 0.3 is 6.01 Å². The van der Waals surface area contributed by atoms with Crippen LogP contribution in [0.15, 0.2) is 0 Å². The Bertz CT molecular complexity index is 365. The lowest BCUT2D eigenvalue weighted by molar-refractivity contribution is 0.288. The van der Waals surface area contributed by atoms with Gasteiger partial charge in [0.1, 0.15) is 0 Å². The van der Waals surface area contributed by atoms with E-state index in [1.807, 2.05) is 13.2 Å². The van der Waals surface area contributed by atoms with E-state index < -0.39 is 0 Å². The SMILES string of the molecule is COc1nc(Cl)nc(NC(C)C(CO)SC)n1. The summed E-state index contributed by atoms with van der Waals surface area (Å²) in [5.74, 6) is 0.335. The molecule has 0 saturated heterocycles. The van der Waals surface area contributed by atoms with E-state index >= 15 is 0 Å². The van der Waals surface area contributed by atoms with Gasteiger partial charge in [-0.15, -0.1) is 0 Å². The van der Waals surface area contributed by atoms with E-state index in [9.17, 15) is 0 Å². The van der Waals surface area contributed by atoms with Crippen molar-refractivity contribution in [3.8, 4) is 6.01 Å². The molecule has 0 radical (unpaired) electrons. The van der Waals surface area contributed by atoms with Crippen molar-refractivity contribution in [1.29, 1.82) is 0 Å². The zero-order valence-corrected chi connectivity index (χ0v) is 11.4. The second kappa shape index (κ2) is 6.83. The number of hydrogen-bond donors (Lipinski definition) is 2. The molecule has 0 amide bonds. The number of methoxy groups -OCH3 is 1. The first-order valence-corrected chi connectivity index (χ1v) is 6.63. The van der Waals surface area contributed by atoms with Crippen LogP contribution in [0.1, 0.15) is 6.92 Å². The van der Waals surface area contributed by atoms with Gasteiger partial charge in [-0.1, -0.05) is 0 Å². The molecule has 17 heavy (non-hydrogen) atoms. The molecule has 0 bridgehead atoms. The summed E-state index contributed by atoms with van der Waals surface area (Å²) in [7, 11) is 1.46.